The first kappa shape index (κ1) is 20.9. The summed E-state index contributed by atoms with van der Waals surface area (Å²) in [6, 6.07) is 8.33. The summed E-state index contributed by atoms with van der Waals surface area (Å²) >= 11 is 0. The van der Waals surface area contributed by atoms with Crippen LogP contribution in [-0.2, 0) is 19.6 Å². The van der Waals surface area contributed by atoms with Gasteiger partial charge in [-0.1, -0.05) is 6.07 Å². The van der Waals surface area contributed by atoms with Gasteiger partial charge in [-0.25, -0.2) is 12.8 Å². The van der Waals surface area contributed by atoms with Crippen molar-refractivity contribution >= 4 is 27.5 Å². The number of pyridine rings is 1. The maximum absolute atomic E-state index is 13.1. The van der Waals surface area contributed by atoms with Crippen molar-refractivity contribution < 1.29 is 22.4 Å². The largest absolute Gasteiger partial charge is 0.348 e. The van der Waals surface area contributed by atoms with Gasteiger partial charge in [-0.05, 0) is 49.1 Å². The van der Waals surface area contributed by atoms with Gasteiger partial charge >= 0.3 is 11.8 Å². The van der Waals surface area contributed by atoms with Gasteiger partial charge in [-0.3, -0.25) is 14.6 Å². The predicted octanol–water partition coefficient (Wildman–Crippen LogP) is 1.38. The van der Waals surface area contributed by atoms with Crippen LogP contribution in [0.2, 0.25) is 0 Å². The van der Waals surface area contributed by atoms with Crippen LogP contribution in [-0.4, -0.2) is 49.2 Å². The fraction of sp³-hybridized carbons (Fsp3) is 0.316. The number of hydrogen-bond acceptors (Lipinski definition) is 5. The molecule has 2 aromatic rings. The van der Waals surface area contributed by atoms with Crippen LogP contribution in [0.5, 0.6) is 0 Å². The van der Waals surface area contributed by atoms with Crippen LogP contribution < -0.4 is 10.6 Å². The van der Waals surface area contributed by atoms with Crippen LogP contribution in [0, 0.1) is 11.7 Å². The minimum absolute atomic E-state index is 0.0567. The van der Waals surface area contributed by atoms with Crippen LogP contribution in [0.1, 0.15) is 12.8 Å². The second-order valence-corrected chi connectivity index (χ2v) is 8.65. The van der Waals surface area contributed by atoms with Gasteiger partial charge in [0.05, 0.1) is 0 Å². The maximum Gasteiger partial charge on any atom is 0.313 e. The van der Waals surface area contributed by atoms with Gasteiger partial charge in [0, 0.05) is 37.7 Å². The molecule has 0 aliphatic carbocycles. The number of amides is 2. The molecule has 1 saturated heterocycles. The number of piperidine rings is 1. The molecule has 1 aliphatic rings. The van der Waals surface area contributed by atoms with Crippen molar-refractivity contribution in [1.82, 2.24) is 14.6 Å². The lowest BCUT2D eigenvalue weighted by Crippen LogP contribution is -2.43. The number of rotatable bonds is 5. The number of sulfonamides is 1. The Hall–Kier alpha value is -2.85. The van der Waals surface area contributed by atoms with Gasteiger partial charge in [-0.2, -0.15) is 4.31 Å². The highest BCUT2D eigenvalue weighted by Crippen LogP contribution is 2.23. The Morgan fingerprint density at radius 2 is 1.90 bits per heavy atom. The predicted molar refractivity (Wildman–Crippen MR) is 104 cm³/mol. The van der Waals surface area contributed by atoms with Crippen molar-refractivity contribution in [3.05, 3.63) is 54.6 Å². The summed E-state index contributed by atoms with van der Waals surface area (Å²) in [5.74, 6) is -2.16. The summed E-state index contributed by atoms with van der Waals surface area (Å²) < 4.78 is 39.7. The van der Waals surface area contributed by atoms with E-state index in [9.17, 15) is 22.4 Å². The molecule has 8 nitrogen and oxygen atoms in total. The van der Waals surface area contributed by atoms with Gasteiger partial charge < -0.3 is 10.6 Å². The van der Waals surface area contributed by atoms with Crippen molar-refractivity contribution in [2.45, 2.75) is 17.7 Å². The van der Waals surface area contributed by atoms with E-state index < -0.39 is 27.7 Å². The van der Waals surface area contributed by atoms with Crippen LogP contribution in [0.3, 0.4) is 0 Å². The van der Waals surface area contributed by atoms with E-state index in [1.165, 1.54) is 41.0 Å². The zero-order chi connectivity index (χ0) is 20.9. The summed E-state index contributed by atoms with van der Waals surface area (Å²) in [5.41, 5.74) is 0.194. The fourth-order valence-electron chi connectivity index (χ4n) is 3.07. The Kier molecular flexibility index (Phi) is 6.55. The van der Waals surface area contributed by atoms with E-state index in [1.807, 2.05) is 0 Å². The monoisotopic (exact) mass is 420 g/mol. The summed E-state index contributed by atoms with van der Waals surface area (Å²) in [6.45, 7) is 0.913. The summed E-state index contributed by atoms with van der Waals surface area (Å²) in [7, 11) is -3.58. The molecular weight excluding hydrogens is 399 g/mol. The smallest absolute Gasteiger partial charge is 0.313 e. The second-order valence-electron chi connectivity index (χ2n) is 6.71. The Morgan fingerprint density at radius 1 is 1.14 bits per heavy atom. The van der Waals surface area contributed by atoms with Crippen molar-refractivity contribution in [2.24, 2.45) is 5.92 Å². The molecule has 2 amide bonds. The number of carbonyl (C=O) groups is 2. The standard InChI is InChI=1S/C19H21FN4O4S/c20-15-3-1-4-16(11-15)23-19(26)18(25)22-12-14-6-9-24(10-7-14)29(27,28)17-5-2-8-21-13-17/h1-5,8,11,13-14H,6-7,9-10,12H2,(H,22,25)(H,23,26). The van der Waals surface area contributed by atoms with Crippen molar-refractivity contribution in [3.8, 4) is 0 Å². The molecule has 1 aliphatic heterocycles. The highest BCUT2D eigenvalue weighted by Gasteiger charge is 2.29. The lowest BCUT2D eigenvalue weighted by Gasteiger charge is -2.31. The van der Waals surface area contributed by atoms with Crippen molar-refractivity contribution in [3.63, 3.8) is 0 Å². The molecule has 0 spiro atoms. The molecule has 0 bridgehead atoms. The van der Waals surface area contributed by atoms with Gasteiger partial charge in [0.15, 0.2) is 0 Å². The number of carbonyl (C=O) groups excluding carboxylic acids is 2. The lowest BCUT2D eigenvalue weighted by molar-refractivity contribution is -0.136. The molecule has 0 saturated carbocycles. The average Bonchev–Trinajstić information content (AvgIpc) is 2.73. The third kappa shape index (κ3) is 5.36. The van der Waals surface area contributed by atoms with E-state index in [2.05, 4.69) is 15.6 Å². The molecule has 154 valence electrons. The quantitative estimate of drug-likeness (QED) is 0.711. The van der Waals surface area contributed by atoms with E-state index >= 15 is 0 Å². The Balaban J connectivity index is 1.46. The van der Waals surface area contributed by atoms with Gasteiger partial charge in [-0.15, -0.1) is 0 Å². The highest BCUT2D eigenvalue weighted by molar-refractivity contribution is 7.89. The minimum atomic E-state index is -3.58. The molecule has 1 aromatic heterocycles. The van der Waals surface area contributed by atoms with Crippen molar-refractivity contribution in [1.29, 1.82) is 0 Å². The Labute approximate surface area is 168 Å². The number of anilines is 1. The Bertz CT molecular complexity index is 977. The number of benzene rings is 1. The SMILES string of the molecule is O=C(NCC1CCN(S(=O)(=O)c2cccnc2)CC1)C(=O)Nc1cccc(F)c1. The second kappa shape index (κ2) is 9.10. The first-order chi connectivity index (χ1) is 13.9. The number of hydrogen-bond donors (Lipinski definition) is 2. The molecule has 1 aromatic carbocycles. The van der Waals surface area contributed by atoms with Gasteiger partial charge in [0.1, 0.15) is 10.7 Å². The number of nitrogens with zero attached hydrogens (tertiary/aromatic N) is 2. The van der Waals surface area contributed by atoms with E-state index in [1.54, 1.807) is 6.07 Å². The molecule has 0 atom stereocenters. The molecular formula is C19H21FN4O4S. The fourth-order valence-corrected chi connectivity index (χ4v) is 4.51. The van der Waals surface area contributed by atoms with E-state index in [4.69, 9.17) is 0 Å². The van der Waals surface area contributed by atoms with Crippen LogP contribution in [0.25, 0.3) is 0 Å². The molecule has 0 unspecified atom stereocenters. The van der Waals surface area contributed by atoms with Gasteiger partial charge in [0.2, 0.25) is 10.0 Å². The third-order valence-corrected chi connectivity index (χ3v) is 6.57. The van der Waals surface area contributed by atoms with Crippen molar-refractivity contribution in [2.75, 3.05) is 25.0 Å². The maximum atomic E-state index is 13.1. The average molecular weight is 420 g/mol. The number of halogens is 1. The van der Waals surface area contributed by atoms with E-state index in [-0.39, 0.29) is 23.0 Å². The molecule has 2 heterocycles. The topological polar surface area (TPSA) is 108 Å². The lowest BCUT2D eigenvalue weighted by atomic mass is 9.98. The van der Waals surface area contributed by atoms with E-state index in [0.29, 0.717) is 25.9 Å². The molecule has 1 fully saturated rings. The van der Waals surface area contributed by atoms with Gasteiger partial charge in [0.25, 0.3) is 0 Å². The van der Waals surface area contributed by atoms with Crippen LogP contribution in [0.15, 0.2) is 53.7 Å². The minimum Gasteiger partial charge on any atom is -0.348 e. The zero-order valence-corrected chi connectivity index (χ0v) is 16.4. The summed E-state index contributed by atoms with van der Waals surface area (Å²) in [6.07, 6.45) is 3.95. The number of aromatic nitrogens is 1. The molecule has 2 N–H and O–H groups in total. The Morgan fingerprint density at radius 3 is 2.55 bits per heavy atom. The number of nitrogens with one attached hydrogen (secondary N) is 2. The molecule has 10 heteroatoms. The first-order valence-corrected chi connectivity index (χ1v) is 10.5. The highest BCUT2D eigenvalue weighted by atomic mass is 32.2. The molecule has 0 radical (unpaired) electrons. The van der Waals surface area contributed by atoms with Crippen LogP contribution in [0.4, 0.5) is 10.1 Å². The normalized spacial score (nSPS) is 15.6. The van der Waals surface area contributed by atoms with Crippen LogP contribution >= 0.6 is 0 Å². The third-order valence-electron chi connectivity index (χ3n) is 4.69. The summed E-state index contributed by atoms with van der Waals surface area (Å²) in [4.78, 5) is 27.9. The van der Waals surface area contributed by atoms with E-state index in [0.717, 1.165) is 6.07 Å². The molecule has 29 heavy (non-hydrogen) atoms. The molecule has 3 rings (SSSR count). The zero-order valence-electron chi connectivity index (χ0n) is 15.5. The summed E-state index contributed by atoms with van der Waals surface area (Å²) in [5, 5.41) is 4.88. The first-order valence-electron chi connectivity index (χ1n) is 9.11.